The molecule has 1 atom stereocenters. The molecule has 2 aromatic rings. The molecule has 2 aromatic carbocycles. The van der Waals surface area contributed by atoms with E-state index in [1.807, 2.05) is 0 Å². The molecular formula is C26H36OSi. The van der Waals surface area contributed by atoms with Gasteiger partial charge in [0, 0.05) is 6.42 Å². The molecule has 1 nitrogen and oxygen atoms in total. The molecule has 0 bridgehead atoms. The zero-order chi connectivity index (χ0) is 20.9. The number of ketones is 1. The first-order valence-corrected chi connectivity index (χ1v) is 12.6. The molecule has 0 N–H and O–H groups in total. The molecule has 1 unspecified atom stereocenters. The van der Waals surface area contributed by atoms with Crippen LogP contribution in [0, 0.1) is 11.8 Å². The van der Waals surface area contributed by atoms with Crippen molar-refractivity contribution in [2.24, 2.45) is 11.8 Å². The van der Waals surface area contributed by atoms with Gasteiger partial charge in [-0.25, -0.2) is 0 Å². The van der Waals surface area contributed by atoms with Gasteiger partial charge in [0.15, 0.2) is 0 Å². The van der Waals surface area contributed by atoms with Crippen molar-refractivity contribution in [1.29, 1.82) is 0 Å². The predicted octanol–water partition coefficient (Wildman–Crippen LogP) is 5.86. The van der Waals surface area contributed by atoms with Crippen molar-refractivity contribution in [2.45, 2.75) is 59.0 Å². The second-order valence-electron chi connectivity index (χ2n) is 9.48. The van der Waals surface area contributed by atoms with Gasteiger partial charge in [0.1, 0.15) is 13.9 Å². The van der Waals surface area contributed by atoms with Crippen molar-refractivity contribution in [3.8, 4) is 0 Å². The molecule has 2 heteroatoms. The first-order chi connectivity index (χ1) is 13.1. The fraction of sp³-hybridized carbons (Fsp3) is 0.423. The van der Waals surface area contributed by atoms with Crippen LogP contribution in [0.3, 0.4) is 0 Å². The van der Waals surface area contributed by atoms with Crippen molar-refractivity contribution in [2.75, 3.05) is 0 Å². The number of rotatable bonds is 8. The molecule has 0 aromatic heterocycles. The van der Waals surface area contributed by atoms with Crippen LogP contribution in [-0.4, -0.2) is 13.9 Å². The van der Waals surface area contributed by atoms with E-state index in [0.29, 0.717) is 12.3 Å². The van der Waals surface area contributed by atoms with Crippen LogP contribution >= 0.6 is 0 Å². The Morgan fingerprint density at radius 1 is 0.929 bits per heavy atom. The number of Topliss-reactive ketones (excluding diaryl/α,β-unsaturated/α-hetero) is 1. The molecule has 0 saturated carbocycles. The average Bonchev–Trinajstić information content (AvgIpc) is 2.64. The highest BCUT2D eigenvalue weighted by Gasteiger charge is 2.48. The van der Waals surface area contributed by atoms with Crippen LogP contribution in [0.1, 0.15) is 48.0 Å². The van der Waals surface area contributed by atoms with Crippen molar-refractivity contribution in [1.82, 2.24) is 0 Å². The van der Waals surface area contributed by atoms with E-state index in [2.05, 4.69) is 102 Å². The Bertz CT molecular complexity index is 745. The van der Waals surface area contributed by atoms with Gasteiger partial charge in [0.05, 0.1) is 0 Å². The number of allylic oxidation sites excluding steroid dienone is 1. The molecule has 0 aliphatic heterocycles. The largest absolute Gasteiger partial charge is 0.300 e. The highest BCUT2D eigenvalue weighted by molar-refractivity contribution is 7.04. The molecule has 0 aliphatic rings. The predicted molar refractivity (Wildman–Crippen MR) is 125 cm³/mol. The Balaban J connectivity index is 2.64. The van der Waals surface area contributed by atoms with Crippen molar-refractivity contribution in [3.05, 3.63) is 72.8 Å². The summed E-state index contributed by atoms with van der Waals surface area (Å²) in [5.74, 6) is 0.899. The third kappa shape index (κ3) is 4.72. The lowest BCUT2D eigenvalue weighted by Gasteiger charge is -2.45. The molecule has 0 heterocycles. The van der Waals surface area contributed by atoms with Crippen LogP contribution in [0.4, 0.5) is 0 Å². The molecule has 2 rings (SSSR count). The Morgan fingerprint density at radius 3 is 1.68 bits per heavy atom. The van der Waals surface area contributed by atoms with Gasteiger partial charge in [0.2, 0.25) is 0 Å². The molecule has 0 saturated heterocycles. The fourth-order valence-corrected chi connectivity index (χ4v) is 10.1. The summed E-state index contributed by atoms with van der Waals surface area (Å²) in [5, 5.41) is 3.00. The Hall–Kier alpha value is -1.93. The van der Waals surface area contributed by atoms with Crippen LogP contribution in [0.5, 0.6) is 0 Å². The second kappa shape index (κ2) is 9.04. The number of carbonyl (C=O) groups is 1. The minimum absolute atomic E-state index is 0.108. The summed E-state index contributed by atoms with van der Waals surface area (Å²) < 4.78 is 0. The van der Waals surface area contributed by atoms with Crippen molar-refractivity contribution >= 4 is 24.2 Å². The van der Waals surface area contributed by atoms with Crippen molar-refractivity contribution in [3.63, 3.8) is 0 Å². The smallest absolute Gasteiger partial charge is 0.130 e. The summed E-state index contributed by atoms with van der Waals surface area (Å²) in [6, 6.07) is 23.0. The summed E-state index contributed by atoms with van der Waals surface area (Å²) in [6.45, 7) is 17.8. The maximum Gasteiger partial charge on any atom is 0.130 e. The normalized spacial score (nSPS) is 13.4. The minimum Gasteiger partial charge on any atom is -0.300 e. The van der Waals surface area contributed by atoms with Crippen LogP contribution in [0.2, 0.25) is 11.1 Å². The van der Waals surface area contributed by atoms with Crippen LogP contribution in [-0.2, 0) is 4.79 Å². The topological polar surface area (TPSA) is 17.1 Å². The molecule has 150 valence electrons. The zero-order valence-electron chi connectivity index (χ0n) is 18.5. The number of hydrogen-bond acceptors (Lipinski definition) is 1. The maximum atomic E-state index is 11.9. The maximum absolute atomic E-state index is 11.9. The van der Waals surface area contributed by atoms with E-state index in [4.69, 9.17) is 0 Å². The van der Waals surface area contributed by atoms with E-state index >= 15 is 0 Å². The second-order valence-corrected chi connectivity index (χ2v) is 14.3. The summed E-state index contributed by atoms with van der Waals surface area (Å²) in [4.78, 5) is 11.9. The average molecular weight is 393 g/mol. The summed E-state index contributed by atoms with van der Waals surface area (Å²) in [6.07, 6.45) is 0.592. The molecule has 28 heavy (non-hydrogen) atoms. The molecule has 0 fully saturated rings. The summed E-state index contributed by atoms with van der Waals surface area (Å²) in [7, 11) is -2.18. The minimum atomic E-state index is -2.18. The number of carbonyl (C=O) groups excluding carboxylic acids is 1. The van der Waals surface area contributed by atoms with Gasteiger partial charge in [0.25, 0.3) is 0 Å². The Kier molecular flexibility index (Phi) is 7.22. The number of hydrogen-bond donors (Lipinski definition) is 0. The van der Waals surface area contributed by atoms with Gasteiger partial charge in [-0.15, -0.1) is 0 Å². The van der Waals surface area contributed by atoms with Gasteiger partial charge in [-0.2, -0.15) is 0 Å². The lowest BCUT2D eigenvalue weighted by atomic mass is 9.86. The highest BCUT2D eigenvalue weighted by Crippen LogP contribution is 2.42. The van der Waals surface area contributed by atoms with Crippen LogP contribution in [0.15, 0.2) is 72.8 Å². The molecule has 0 radical (unpaired) electrons. The highest BCUT2D eigenvalue weighted by atomic mass is 28.3. The van der Waals surface area contributed by atoms with Crippen LogP contribution in [0.25, 0.3) is 0 Å². The third-order valence-electron chi connectivity index (χ3n) is 6.14. The van der Waals surface area contributed by atoms with Gasteiger partial charge < -0.3 is 4.79 Å². The number of benzene rings is 2. The lowest BCUT2D eigenvalue weighted by molar-refractivity contribution is -0.117. The first kappa shape index (κ1) is 22.4. The molecule has 0 spiro atoms. The van der Waals surface area contributed by atoms with Crippen molar-refractivity contribution < 1.29 is 4.79 Å². The summed E-state index contributed by atoms with van der Waals surface area (Å²) in [5.41, 5.74) is 1.24. The SMILES string of the molecule is C=C(C[Si](c1ccccc1)(c1ccccc1)C(C)(C)C)C(CC(C)=O)C(C)C. The Labute approximate surface area is 172 Å². The monoisotopic (exact) mass is 392 g/mol. The van der Waals surface area contributed by atoms with E-state index in [1.54, 1.807) is 6.92 Å². The van der Waals surface area contributed by atoms with Gasteiger partial charge in [-0.05, 0) is 29.8 Å². The van der Waals surface area contributed by atoms with Gasteiger partial charge in [-0.1, -0.05) is 118 Å². The molecule has 0 aliphatic carbocycles. The van der Waals surface area contributed by atoms with E-state index in [-0.39, 0.29) is 16.7 Å². The third-order valence-corrected chi connectivity index (χ3v) is 12.3. The lowest BCUT2D eigenvalue weighted by Crippen LogP contribution is -2.64. The first-order valence-electron chi connectivity index (χ1n) is 10.4. The molecular weight excluding hydrogens is 356 g/mol. The van der Waals surface area contributed by atoms with E-state index in [0.717, 1.165) is 6.04 Å². The van der Waals surface area contributed by atoms with Gasteiger partial charge >= 0.3 is 0 Å². The van der Waals surface area contributed by atoms with E-state index in [9.17, 15) is 4.79 Å². The van der Waals surface area contributed by atoms with E-state index < -0.39 is 8.07 Å². The Morgan fingerprint density at radius 2 is 1.36 bits per heavy atom. The summed E-state index contributed by atoms with van der Waals surface area (Å²) >= 11 is 0. The zero-order valence-corrected chi connectivity index (χ0v) is 19.5. The fourth-order valence-electron chi connectivity index (χ4n) is 4.58. The quantitative estimate of drug-likeness (QED) is 0.406. The van der Waals surface area contributed by atoms with E-state index in [1.165, 1.54) is 15.9 Å². The molecule has 0 amide bonds. The van der Waals surface area contributed by atoms with Crippen LogP contribution < -0.4 is 10.4 Å². The standard InChI is InChI=1S/C26H36OSi/c1-20(2)25(18-22(4)27)21(3)19-28(26(5,6)7,23-14-10-8-11-15-23)24-16-12-9-13-17-24/h8-17,20,25H,3,18-19H2,1-2,4-7H3. The van der Waals surface area contributed by atoms with Gasteiger partial charge in [-0.3, -0.25) is 0 Å².